The molecule has 3 rings (SSSR count). The van der Waals surface area contributed by atoms with Gasteiger partial charge >= 0.3 is 6.18 Å². The third-order valence-electron chi connectivity index (χ3n) is 3.43. The van der Waals surface area contributed by atoms with Crippen molar-refractivity contribution < 1.29 is 18.0 Å². The lowest BCUT2D eigenvalue weighted by Crippen LogP contribution is -2.14. The van der Waals surface area contributed by atoms with Gasteiger partial charge in [0.2, 0.25) is 11.1 Å². The topological polar surface area (TPSA) is 72.2 Å². The van der Waals surface area contributed by atoms with E-state index < -0.39 is 11.7 Å². The molecular formula is C16H14F3N5OS. The lowest BCUT2D eigenvalue weighted by molar-refractivity contribution is -0.137. The van der Waals surface area contributed by atoms with Crippen LogP contribution in [0.15, 0.2) is 35.5 Å². The number of aryl methyl sites for hydroxylation is 2. The first-order valence-electron chi connectivity index (χ1n) is 7.53. The number of benzene rings is 1. The van der Waals surface area contributed by atoms with Crippen LogP contribution >= 0.6 is 11.8 Å². The fraction of sp³-hybridized carbons (Fsp3) is 0.250. The van der Waals surface area contributed by atoms with Gasteiger partial charge in [-0.1, -0.05) is 11.8 Å². The lowest BCUT2D eigenvalue weighted by atomic mass is 10.2. The monoisotopic (exact) mass is 381 g/mol. The van der Waals surface area contributed by atoms with E-state index >= 15 is 0 Å². The van der Waals surface area contributed by atoms with Crippen molar-refractivity contribution in [2.75, 3.05) is 11.1 Å². The fourth-order valence-electron chi connectivity index (χ4n) is 2.28. The van der Waals surface area contributed by atoms with E-state index in [9.17, 15) is 18.0 Å². The van der Waals surface area contributed by atoms with Crippen LogP contribution in [0.3, 0.4) is 0 Å². The molecule has 1 aromatic carbocycles. The number of anilines is 1. The number of nitrogens with one attached hydrogen (secondary N) is 1. The maximum absolute atomic E-state index is 12.5. The quantitative estimate of drug-likeness (QED) is 0.701. The first-order valence-corrected chi connectivity index (χ1v) is 8.52. The number of aromatic nitrogens is 4. The average molecular weight is 381 g/mol. The number of thioether (sulfide) groups is 1. The largest absolute Gasteiger partial charge is 0.416 e. The Balaban J connectivity index is 1.61. The number of rotatable bonds is 4. The van der Waals surface area contributed by atoms with Crippen LogP contribution in [-0.4, -0.2) is 31.2 Å². The van der Waals surface area contributed by atoms with Gasteiger partial charge in [-0.15, -0.1) is 5.10 Å². The van der Waals surface area contributed by atoms with Gasteiger partial charge in [0.25, 0.3) is 5.78 Å². The Hall–Kier alpha value is -2.62. The summed E-state index contributed by atoms with van der Waals surface area (Å²) in [5.74, 6) is 0.110. The molecule has 0 fully saturated rings. The van der Waals surface area contributed by atoms with Crippen LogP contribution in [0.2, 0.25) is 0 Å². The molecule has 0 saturated heterocycles. The zero-order chi connectivity index (χ0) is 18.9. The molecule has 6 nitrogen and oxygen atoms in total. The number of amides is 1. The van der Waals surface area contributed by atoms with Crippen LogP contribution in [0.5, 0.6) is 0 Å². The first-order chi connectivity index (χ1) is 12.2. The normalized spacial score (nSPS) is 11.7. The molecule has 3 aromatic rings. The Morgan fingerprint density at radius 1 is 1.19 bits per heavy atom. The van der Waals surface area contributed by atoms with Gasteiger partial charge in [-0.05, 0) is 44.2 Å². The zero-order valence-electron chi connectivity index (χ0n) is 13.8. The van der Waals surface area contributed by atoms with Crippen molar-refractivity contribution in [2.45, 2.75) is 25.2 Å². The van der Waals surface area contributed by atoms with Crippen molar-refractivity contribution in [3.05, 3.63) is 47.3 Å². The van der Waals surface area contributed by atoms with Crippen LogP contribution in [-0.2, 0) is 11.0 Å². The van der Waals surface area contributed by atoms with Crippen molar-refractivity contribution in [1.29, 1.82) is 0 Å². The van der Waals surface area contributed by atoms with Crippen molar-refractivity contribution in [3.63, 3.8) is 0 Å². The molecule has 1 N–H and O–H groups in total. The molecule has 0 radical (unpaired) electrons. The molecule has 0 atom stereocenters. The van der Waals surface area contributed by atoms with E-state index in [0.29, 0.717) is 16.6 Å². The molecule has 1 amide bonds. The second-order valence-corrected chi connectivity index (χ2v) is 6.50. The van der Waals surface area contributed by atoms with Crippen LogP contribution < -0.4 is 5.32 Å². The maximum atomic E-state index is 12.5. The van der Waals surface area contributed by atoms with Crippen LogP contribution in [0, 0.1) is 13.8 Å². The summed E-state index contributed by atoms with van der Waals surface area (Å²) < 4.78 is 39.1. The van der Waals surface area contributed by atoms with E-state index in [4.69, 9.17) is 0 Å². The summed E-state index contributed by atoms with van der Waals surface area (Å²) in [6.45, 7) is 3.73. The second kappa shape index (κ2) is 6.94. The van der Waals surface area contributed by atoms with Crippen molar-refractivity contribution in [2.24, 2.45) is 0 Å². The minimum absolute atomic E-state index is 0.0237. The summed E-state index contributed by atoms with van der Waals surface area (Å²) in [4.78, 5) is 20.5. The molecule has 0 unspecified atom stereocenters. The Labute approximate surface area is 150 Å². The van der Waals surface area contributed by atoms with E-state index in [2.05, 4.69) is 20.4 Å². The van der Waals surface area contributed by atoms with E-state index in [1.54, 1.807) is 4.52 Å². The predicted molar refractivity (Wildman–Crippen MR) is 91.1 cm³/mol. The summed E-state index contributed by atoms with van der Waals surface area (Å²) in [7, 11) is 0. The number of alkyl halides is 3. The number of hydrogen-bond acceptors (Lipinski definition) is 5. The molecule has 0 bridgehead atoms. The van der Waals surface area contributed by atoms with Crippen molar-refractivity contribution >= 4 is 29.1 Å². The lowest BCUT2D eigenvalue weighted by Gasteiger charge is -2.08. The minimum atomic E-state index is -4.41. The number of carbonyl (C=O) groups is 1. The standard InChI is InChI=1S/C16H14F3N5OS/c1-9-7-10(2)24-14(20-9)22-15(23-24)26-8-13(25)21-12-5-3-11(4-6-12)16(17,18)19/h3-7H,8H2,1-2H3,(H,21,25). The van der Waals surface area contributed by atoms with Gasteiger partial charge in [-0.25, -0.2) is 9.50 Å². The molecule has 136 valence electrons. The predicted octanol–water partition coefficient (Wildman–Crippen LogP) is 3.49. The van der Waals surface area contributed by atoms with E-state index in [1.165, 1.54) is 12.1 Å². The number of hydrogen-bond donors (Lipinski definition) is 1. The number of nitrogens with zero attached hydrogens (tertiary/aromatic N) is 4. The van der Waals surface area contributed by atoms with Gasteiger partial charge in [-0.3, -0.25) is 4.79 Å². The molecule has 2 aromatic heterocycles. The second-order valence-electron chi connectivity index (χ2n) is 5.56. The smallest absolute Gasteiger partial charge is 0.325 e. The van der Waals surface area contributed by atoms with Crippen molar-refractivity contribution in [3.8, 4) is 0 Å². The molecule has 0 spiro atoms. The Kier molecular flexibility index (Phi) is 4.86. The summed E-state index contributed by atoms with van der Waals surface area (Å²) in [6, 6.07) is 6.13. The Bertz CT molecular complexity index is 953. The molecule has 0 saturated carbocycles. The summed E-state index contributed by atoms with van der Waals surface area (Å²) in [5.41, 5.74) is 1.22. The highest BCUT2D eigenvalue weighted by molar-refractivity contribution is 7.99. The molecule has 0 aliphatic rings. The van der Waals surface area contributed by atoms with Gasteiger partial charge in [0, 0.05) is 17.1 Å². The van der Waals surface area contributed by atoms with E-state index in [0.717, 1.165) is 35.3 Å². The summed E-state index contributed by atoms with van der Waals surface area (Å²) in [6.07, 6.45) is -4.41. The van der Waals surface area contributed by atoms with Crippen LogP contribution in [0.25, 0.3) is 5.78 Å². The molecule has 10 heteroatoms. The van der Waals surface area contributed by atoms with E-state index in [-0.39, 0.29) is 11.7 Å². The third kappa shape index (κ3) is 4.13. The fourth-order valence-corrected chi connectivity index (χ4v) is 2.90. The summed E-state index contributed by atoms with van der Waals surface area (Å²) >= 11 is 1.12. The molecule has 0 aliphatic carbocycles. The Morgan fingerprint density at radius 2 is 1.88 bits per heavy atom. The highest BCUT2D eigenvalue weighted by Gasteiger charge is 2.29. The Morgan fingerprint density at radius 3 is 2.54 bits per heavy atom. The number of halogens is 3. The number of fused-ring (bicyclic) bond motifs is 1. The van der Waals surface area contributed by atoms with Crippen LogP contribution in [0.1, 0.15) is 17.0 Å². The highest BCUT2D eigenvalue weighted by Crippen LogP contribution is 2.29. The van der Waals surface area contributed by atoms with Crippen molar-refractivity contribution in [1.82, 2.24) is 19.6 Å². The zero-order valence-corrected chi connectivity index (χ0v) is 14.6. The van der Waals surface area contributed by atoms with Gasteiger partial charge in [0.05, 0.1) is 11.3 Å². The third-order valence-corrected chi connectivity index (χ3v) is 4.26. The van der Waals surface area contributed by atoms with Crippen LogP contribution in [0.4, 0.5) is 18.9 Å². The minimum Gasteiger partial charge on any atom is -0.325 e. The highest BCUT2D eigenvalue weighted by atomic mass is 32.2. The molecular weight excluding hydrogens is 367 g/mol. The summed E-state index contributed by atoms with van der Waals surface area (Å²) in [5, 5.41) is 7.21. The molecule has 26 heavy (non-hydrogen) atoms. The maximum Gasteiger partial charge on any atom is 0.416 e. The average Bonchev–Trinajstić information content (AvgIpc) is 2.96. The van der Waals surface area contributed by atoms with Gasteiger partial charge in [0.1, 0.15) is 0 Å². The first kappa shape index (κ1) is 18.2. The molecule has 0 aliphatic heterocycles. The van der Waals surface area contributed by atoms with Gasteiger partial charge in [0.15, 0.2) is 0 Å². The van der Waals surface area contributed by atoms with Gasteiger partial charge in [-0.2, -0.15) is 18.2 Å². The number of carbonyl (C=O) groups excluding carboxylic acids is 1. The van der Waals surface area contributed by atoms with Gasteiger partial charge < -0.3 is 5.32 Å². The molecule has 2 heterocycles. The SMILES string of the molecule is Cc1cc(C)n2nc(SCC(=O)Nc3ccc(C(F)(F)F)cc3)nc2n1. The van der Waals surface area contributed by atoms with E-state index in [1.807, 2.05) is 19.9 Å².